The average molecular weight is 834 g/mol. The smallest absolute Gasteiger partial charge is 0.434 e. The molecule has 0 unspecified atom stereocenters. The highest BCUT2D eigenvalue weighted by Gasteiger charge is 2.45. The van der Waals surface area contributed by atoms with Crippen molar-refractivity contribution >= 4 is 73.5 Å². The topological polar surface area (TPSA) is 79.1 Å². The molecule has 0 radical (unpaired) electrons. The Kier molecular flexibility index (Phi) is 10.1. The van der Waals surface area contributed by atoms with Crippen LogP contribution in [-0.2, 0) is 16.1 Å². The maximum Gasteiger partial charge on any atom is 0.434 e. The van der Waals surface area contributed by atoms with Gasteiger partial charge in [0.15, 0.2) is 22.0 Å². The molecule has 234 valence electrons. The van der Waals surface area contributed by atoms with E-state index in [-0.39, 0.29) is 28.1 Å². The molecule has 14 heteroatoms. The molecule has 0 spiro atoms. The van der Waals surface area contributed by atoms with Crippen molar-refractivity contribution in [2.24, 2.45) is 4.99 Å². The number of benzene rings is 3. The zero-order valence-electron chi connectivity index (χ0n) is 23.5. The number of aromatic nitrogens is 1. The molecule has 0 saturated heterocycles. The highest BCUT2D eigenvalue weighted by atomic mass is 127. The summed E-state index contributed by atoms with van der Waals surface area (Å²) in [6.45, 7) is 1.48. The number of hydrogen-bond donors (Lipinski definition) is 0. The van der Waals surface area contributed by atoms with Crippen LogP contribution in [-0.4, -0.2) is 30.4 Å². The zero-order valence-corrected chi connectivity index (χ0v) is 28.8. The minimum Gasteiger partial charge on any atom is -0.493 e. The number of fused-ring (bicyclic) bond motifs is 1. The molecule has 0 aliphatic carbocycles. The first-order chi connectivity index (χ1) is 21.4. The summed E-state index contributed by atoms with van der Waals surface area (Å²) in [5.74, 6) is -0.487. The lowest BCUT2D eigenvalue weighted by atomic mass is 9.95. The zero-order chi connectivity index (χ0) is 32.5. The van der Waals surface area contributed by atoms with Crippen molar-refractivity contribution in [3.63, 3.8) is 0 Å². The first-order valence-electron chi connectivity index (χ1n) is 13.2. The number of halogens is 6. The number of alkyl halides is 3. The largest absolute Gasteiger partial charge is 0.493 e. The summed E-state index contributed by atoms with van der Waals surface area (Å²) < 4.78 is 62.8. The van der Waals surface area contributed by atoms with E-state index in [9.17, 15) is 22.8 Å². The van der Waals surface area contributed by atoms with Crippen molar-refractivity contribution in [2.45, 2.75) is 25.7 Å². The van der Waals surface area contributed by atoms with E-state index in [1.54, 1.807) is 12.1 Å². The van der Waals surface area contributed by atoms with E-state index in [0.717, 1.165) is 29.5 Å². The normalized spacial score (nSPS) is 15.0. The van der Waals surface area contributed by atoms with E-state index >= 15 is 0 Å². The Hall–Kier alpha value is -3.14. The van der Waals surface area contributed by atoms with Gasteiger partial charge >= 0.3 is 12.1 Å². The minimum absolute atomic E-state index is 0.0666. The number of hydrogen-bond acceptors (Lipinski definition) is 7. The second kappa shape index (κ2) is 13.7. The number of rotatable bonds is 8. The molecular weight excluding hydrogens is 812 g/mol. The predicted molar refractivity (Wildman–Crippen MR) is 176 cm³/mol. The quantitative estimate of drug-likeness (QED) is 0.142. The van der Waals surface area contributed by atoms with E-state index in [2.05, 4.69) is 43.5 Å². The van der Waals surface area contributed by atoms with Gasteiger partial charge in [-0.2, -0.15) is 13.2 Å². The molecule has 0 N–H and O–H groups in total. The van der Waals surface area contributed by atoms with Crippen LogP contribution >= 0.6 is 61.5 Å². The number of allylic oxidation sites excluding steroid dienone is 1. The van der Waals surface area contributed by atoms with Crippen molar-refractivity contribution in [1.29, 1.82) is 0 Å². The number of carbonyl (C=O) groups excluding carboxylic acids is 1. The molecule has 5 rings (SSSR count). The van der Waals surface area contributed by atoms with Crippen molar-refractivity contribution in [1.82, 2.24) is 4.57 Å². The maximum absolute atomic E-state index is 14.4. The van der Waals surface area contributed by atoms with Crippen molar-refractivity contribution < 1.29 is 32.2 Å². The highest BCUT2D eigenvalue weighted by molar-refractivity contribution is 14.1. The summed E-state index contributed by atoms with van der Waals surface area (Å²) in [6.07, 6.45) is -3.50. The van der Waals surface area contributed by atoms with Gasteiger partial charge in [-0.1, -0.05) is 63.1 Å². The Morgan fingerprint density at radius 2 is 1.84 bits per heavy atom. The Labute approximate surface area is 285 Å². The fourth-order valence-corrected chi connectivity index (χ4v) is 6.68. The molecule has 3 aromatic carbocycles. The third-order valence-corrected chi connectivity index (χ3v) is 9.02. The molecule has 0 fully saturated rings. The molecule has 1 aliphatic heterocycles. The third kappa shape index (κ3) is 7.16. The molecule has 2 heterocycles. The second-order valence-corrected chi connectivity index (χ2v) is 13.2. The van der Waals surface area contributed by atoms with Crippen LogP contribution in [0.3, 0.4) is 0 Å². The monoisotopic (exact) mass is 832 g/mol. The Bertz CT molecular complexity index is 1980. The summed E-state index contributed by atoms with van der Waals surface area (Å²) in [7, 11) is 1.48. The van der Waals surface area contributed by atoms with Gasteiger partial charge in [0.1, 0.15) is 6.61 Å². The van der Waals surface area contributed by atoms with Crippen LogP contribution in [0.15, 0.2) is 86.2 Å². The van der Waals surface area contributed by atoms with Crippen molar-refractivity contribution in [3.8, 4) is 11.5 Å². The molecule has 7 nitrogen and oxygen atoms in total. The van der Waals surface area contributed by atoms with Crippen LogP contribution in [0, 0.1) is 3.57 Å². The SMILES string of the molecule is CCOC(=O)C1=C(C(F)(F)F)N=c2s/c(=C\c3cc(I)cc(OC)c3OCc3ccc(Br)cc3)c(=O)n2[C@H]1c1ccc(Cl)cc1. The molecule has 45 heavy (non-hydrogen) atoms. The van der Waals surface area contributed by atoms with Crippen LogP contribution in [0.25, 0.3) is 6.08 Å². The molecule has 4 aromatic rings. The van der Waals surface area contributed by atoms with Gasteiger partial charge < -0.3 is 14.2 Å². The molecule has 0 saturated carbocycles. The van der Waals surface area contributed by atoms with Gasteiger partial charge in [-0.05, 0) is 83.1 Å². The summed E-state index contributed by atoms with van der Waals surface area (Å²) >= 11 is 12.3. The number of nitrogens with zero attached hydrogens (tertiary/aromatic N) is 2. The second-order valence-electron chi connectivity index (χ2n) is 9.56. The lowest BCUT2D eigenvalue weighted by Crippen LogP contribution is -2.41. The predicted octanol–water partition coefficient (Wildman–Crippen LogP) is 6.95. The fraction of sp³-hybridized carbons (Fsp3) is 0.194. The van der Waals surface area contributed by atoms with E-state index in [1.165, 1.54) is 44.4 Å². The van der Waals surface area contributed by atoms with Gasteiger partial charge in [-0.3, -0.25) is 9.36 Å². The summed E-state index contributed by atoms with van der Waals surface area (Å²) in [5, 5.41) is 0.326. The molecule has 1 aliphatic rings. The molecular formula is C31H22BrClF3IN2O5S. The highest BCUT2D eigenvalue weighted by Crippen LogP contribution is 2.39. The number of esters is 1. The van der Waals surface area contributed by atoms with Crippen molar-refractivity contribution in [2.75, 3.05) is 13.7 Å². The fourth-order valence-electron chi connectivity index (χ4n) is 4.68. The van der Waals surface area contributed by atoms with Gasteiger partial charge in [-0.15, -0.1) is 0 Å². The molecule has 1 aromatic heterocycles. The lowest BCUT2D eigenvalue weighted by Gasteiger charge is -2.26. The summed E-state index contributed by atoms with van der Waals surface area (Å²) in [6, 6.07) is 15.4. The number of thiazole rings is 1. The van der Waals surface area contributed by atoms with Crippen LogP contribution in [0.4, 0.5) is 13.2 Å². The Morgan fingerprint density at radius 1 is 1.16 bits per heavy atom. The first kappa shape index (κ1) is 33.2. The molecule has 0 bridgehead atoms. The van der Waals surface area contributed by atoms with Crippen molar-refractivity contribution in [3.05, 3.63) is 121 Å². The van der Waals surface area contributed by atoms with Gasteiger partial charge in [0.25, 0.3) is 5.56 Å². The Morgan fingerprint density at radius 3 is 2.47 bits per heavy atom. The number of ether oxygens (including phenoxy) is 3. The van der Waals surface area contributed by atoms with Crippen LogP contribution in [0.1, 0.15) is 29.7 Å². The molecule has 0 amide bonds. The Balaban J connectivity index is 1.72. The van der Waals surface area contributed by atoms with Gasteiger partial charge in [0.05, 0.1) is 29.9 Å². The minimum atomic E-state index is -5.02. The summed E-state index contributed by atoms with van der Waals surface area (Å²) in [5.41, 5.74) is -1.31. The summed E-state index contributed by atoms with van der Waals surface area (Å²) in [4.78, 5) is 30.7. The van der Waals surface area contributed by atoms with Gasteiger partial charge in [0.2, 0.25) is 0 Å². The van der Waals surface area contributed by atoms with Crippen LogP contribution in [0.5, 0.6) is 11.5 Å². The number of carbonyl (C=O) groups is 1. The van der Waals surface area contributed by atoms with Gasteiger partial charge in [0, 0.05) is 18.6 Å². The molecule has 1 atom stereocenters. The average Bonchev–Trinajstić information content (AvgIpc) is 3.30. The van der Waals surface area contributed by atoms with E-state index < -0.39 is 35.0 Å². The van der Waals surface area contributed by atoms with E-state index in [4.69, 9.17) is 25.8 Å². The van der Waals surface area contributed by atoms with E-state index in [1.807, 2.05) is 24.3 Å². The van der Waals surface area contributed by atoms with E-state index in [0.29, 0.717) is 22.1 Å². The maximum atomic E-state index is 14.4. The van der Waals surface area contributed by atoms with Gasteiger partial charge in [-0.25, -0.2) is 9.79 Å². The third-order valence-electron chi connectivity index (χ3n) is 6.63. The lowest BCUT2D eigenvalue weighted by molar-refractivity contribution is -0.140. The van der Waals surface area contributed by atoms with Crippen LogP contribution in [0.2, 0.25) is 5.02 Å². The first-order valence-corrected chi connectivity index (χ1v) is 16.3. The standard InChI is InChI=1S/C31H22BrClF3IN2O5S/c1-3-43-29(41)24-25(17-6-10-20(33)11-7-17)39-28(40)23(45-30(39)38-27(24)31(34,35)36)13-18-12-21(37)14-22(42-2)26(18)44-15-16-4-8-19(32)9-5-16/h4-14,25H,3,15H2,1-2H3/b23-13-/t25-/m0/s1. The van der Waals surface area contributed by atoms with Crippen LogP contribution < -0.4 is 24.4 Å². The number of methoxy groups -OCH3 is 1.